The number of amidine groups is 1. The predicted molar refractivity (Wildman–Crippen MR) is 70.8 cm³/mol. The summed E-state index contributed by atoms with van der Waals surface area (Å²) >= 11 is 0. The van der Waals surface area contributed by atoms with E-state index in [0.29, 0.717) is 0 Å². The largest absolute Gasteiger partial charge is 0.387 e. The fraction of sp³-hybridized carbons (Fsp3) is 0.923. The third-order valence-electron chi connectivity index (χ3n) is 3.45. The highest BCUT2D eigenvalue weighted by molar-refractivity contribution is 5.85. The van der Waals surface area contributed by atoms with Gasteiger partial charge in [0.1, 0.15) is 0 Å². The lowest BCUT2D eigenvalue weighted by atomic mass is 9.95. The summed E-state index contributed by atoms with van der Waals surface area (Å²) in [6, 6.07) is 0.783. The first-order valence-corrected chi connectivity index (χ1v) is 6.42. The Morgan fingerprint density at radius 2 is 1.88 bits per heavy atom. The number of hydrogen-bond donors (Lipinski definition) is 1. The molecule has 1 aliphatic rings. The van der Waals surface area contributed by atoms with Crippen LogP contribution in [0.4, 0.5) is 0 Å². The molecule has 0 unspecified atom stereocenters. The van der Waals surface area contributed by atoms with Gasteiger partial charge in [-0.2, -0.15) is 0 Å². The van der Waals surface area contributed by atoms with Crippen LogP contribution in [0.2, 0.25) is 0 Å². The minimum atomic E-state index is 0.00588. The van der Waals surface area contributed by atoms with E-state index in [1.165, 1.54) is 25.7 Å². The zero-order chi connectivity index (χ0) is 12.2. The SMILES string of the molecule is CN(CCN=C(N)C(C)(C)C)C1CCCC1. The maximum Gasteiger partial charge on any atom is 0.0991 e. The van der Waals surface area contributed by atoms with Crippen LogP contribution >= 0.6 is 0 Å². The zero-order valence-corrected chi connectivity index (χ0v) is 11.3. The lowest BCUT2D eigenvalue weighted by Gasteiger charge is -2.23. The fourth-order valence-electron chi connectivity index (χ4n) is 2.09. The summed E-state index contributed by atoms with van der Waals surface area (Å²) in [5.74, 6) is 0.771. The highest BCUT2D eigenvalue weighted by Gasteiger charge is 2.19. The van der Waals surface area contributed by atoms with E-state index in [1.807, 2.05) is 0 Å². The van der Waals surface area contributed by atoms with Gasteiger partial charge >= 0.3 is 0 Å². The summed E-state index contributed by atoms with van der Waals surface area (Å²) < 4.78 is 0. The van der Waals surface area contributed by atoms with Crippen LogP contribution in [0.3, 0.4) is 0 Å². The molecule has 1 saturated carbocycles. The van der Waals surface area contributed by atoms with Crippen molar-refractivity contribution in [1.29, 1.82) is 0 Å². The van der Waals surface area contributed by atoms with E-state index in [1.54, 1.807) is 0 Å². The lowest BCUT2D eigenvalue weighted by Crippen LogP contribution is -2.33. The third kappa shape index (κ3) is 4.12. The minimum absolute atomic E-state index is 0.00588. The fourth-order valence-corrected chi connectivity index (χ4v) is 2.09. The molecule has 0 bridgehead atoms. The Morgan fingerprint density at radius 3 is 2.38 bits per heavy atom. The van der Waals surface area contributed by atoms with Gasteiger partial charge in [-0.15, -0.1) is 0 Å². The Balaban J connectivity index is 2.29. The smallest absolute Gasteiger partial charge is 0.0991 e. The number of likely N-dealkylation sites (N-methyl/N-ethyl adjacent to an activating group) is 1. The monoisotopic (exact) mass is 225 g/mol. The molecule has 0 aromatic carbocycles. The van der Waals surface area contributed by atoms with Gasteiger partial charge in [-0.1, -0.05) is 33.6 Å². The Hall–Kier alpha value is -0.570. The first-order chi connectivity index (χ1) is 7.41. The Labute approximate surface area is 100 Å². The van der Waals surface area contributed by atoms with E-state index in [2.05, 4.69) is 37.7 Å². The van der Waals surface area contributed by atoms with Crippen LogP contribution in [0, 0.1) is 5.41 Å². The second-order valence-corrected chi connectivity index (χ2v) is 5.94. The first kappa shape index (κ1) is 13.5. The summed E-state index contributed by atoms with van der Waals surface area (Å²) in [5.41, 5.74) is 5.93. The van der Waals surface area contributed by atoms with Gasteiger partial charge in [-0.3, -0.25) is 4.99 Å². The molecule has 0 amide bonds. The van der Waals surface area contributed by atoms with E-state index in [0.717, 1.165) is 25.0 Å². The van der Waals surface area contributed by atoms with Crippen molar-refractivity contribution in [2.75, 3.05) is 20.1 Å². The van der Waals surface area contributed by atoms with E-state index in [9.17, 15) is 0 Å². The van der Waals surface area contributed by atoms with Gasteiger partial charge in [0.25, 0.3) is 0 Å². The van der Waals surface area contributed by atoms with Crippen molar-refractivity contribution in [2.24, 2.45) is 16.1 Å². The van der Waals surface area contributed by atoms with Gasteiger partial charge in [-0.25, -0.2) is 0 Å². The van der Waals surface area contributed by atoms with Gasteiger partial charge < -0.3 is 10.6 Å². The molecule has 2 N–H and O–H groups in total. The van der Waals surface area contributed by atoms with Gasteiger partial charge in [0.2, 0.25) is 0 Å². The highest BCUT2D eigenvalue weighted by atomic mass is 15.1. The Kier molecular flexibility index (Phi) is 4.78. The molecule has 1 rings (SSSR count). The minimum Gasteiger partial charge on any atom is -0.387 e. The van der Waals surface area contributed by atoms with E-state index in [-0.39, 0.29) is 5.41 Å². The molecular weight excluding hydrogens is 198 g/mol. The number of rotatable bonds is 4. The molecule has 0 aromatic heterocycles. The normalized spacial score (nSPS) is 19.7. The predicted octanol–water partition coefficient (Wildman–Crippen LogP) is 2.26. The quantitative estimate of drug-likeness (QED) is 0.589. The number of aliphatic imine (C=N–C) groups is 1. The molecule has 0 aromatic rings. The van der Waals surface area contributed by atoms with E-state index >= 15 is 0 Å². The summed E-state index contributed by atoms with van der Waals surface area (Å²) in [7, 11) is 2.21. The molecule has 0 saturated heterocycles. The molecule has 0 heterocycles. The van der Waals surface area contributed by atoms with Crippen molar-refractivity contribution in [2.45, 2.75) is 52.5 Å². The summed E-state index contributed by atoms with van der Waals surface area (Å²) in [4.78, 5) is 6.90. The van der Waals surface area contributed by atoms with Crippen molar-refractivity contribution in [3.63, 3.8) is 0 Å². The van der Waals surface area contributed by atoms with Crippen LogP contribution in [0.15, 0.2) is 4.99 Å². The average Bonchev–Trinajstić information content (AvgIpc) is 2.68. The van der Waals surface area contributed by atoms with E-state index < -0.39 is 0 Å². The molecule has 1 fully saturated rings. The highest BCUT2D eigenvalue weighted by Crippen LogP contribution is 2.22. The van der Waals surface area contributed by atoms with Crippen molar-refractivity contribution < 1.29 is 0 Å². The van der Waals surface area contributed by atoms with Crippen LogP contribution in [0.1, 0.15) is 46.5 Å². The Bertz CT molecular complexity index is 234. The number of nitrogens with zero attached hydrogens (tertiary/aromatic N) is 2. The summed E-state index contributed by atoms with van der Waals surface area (Å²) in [6.07, 6.45) is 5.49. The van der Waals surface area contributed by atoms with Crippen molar-refractivity contribution >= 4 is 5.84 Å². The van der Waals surface area contributed by atoms with Gasteiger partial charge in [0.15, 0.2) is 0 Å². The van der Waals surface area contributed by atoms with Gasteiger partial charge in [0, 0.05) is 18.0 Å². The topological polar surface area (TPSA) is 41.6 Å². The molecular formula is C13H27N3. The van der Waals surface area contributed by atoms with Crippen molar-refractivity contribution in [3.8, 4) is 0 Å². The average molecular weight is 225 g/mol. The molecule has 3 heteroatoms. The van der Waals surface area contributed by atoms with Gasteiger partial charge in [0.05, 0.1) is 12.4 Å². The van der Waals surface area contributed by atoms with Crippen LogP contribution in [-0.4, -0.2) is 36.9 Å². The maximum atomic E-state index is 5.92. The second kappa shape index (κ2) is 5.67. The summed E-state index contributed by atoms with van der Waals surface area (Å²) in [6.45, 7) is 8.17. The van der Waals surface area contributed by atoms with Gasteiger partial charge in [-0.05, 0) is 19.9 Å². The Morgan fingerprint density at radius 1 is 1.31 bits per heavy atom. The standard InChI is InChI=1S/C13H27N3/c1-13(2,3)12(14)15-9-10-16(4)11-7-5-6-8-11/h11H,5-10H2,1-4H3,(H2,14,15). The molecule has 94 valence electrons. The molecule has 0 radical (unpaired) electrons. The third-order valence-corrected chi connectivity index (χ3v) is 3.45. The maximum absolute atomic E-state index is 5.92. The molecule has 0 atom stereocenters. The zero-order valence-electron chi connectivity index (χ0n) is 11.3. The van der Waals surface area contributed by atoms with Crippen LogP contribution < -0.4 is 5.73 Å². The molecule has 16 heavy (non-hydrogen) atoms. The number of nitrogens with two attached hydrogens (primary N) is 1. The summed E-state index contributed by atoms with van der Waals surface area (Å²) in [5, 5.41) is 0. The van der Waals surface area contributed by atoms with Crippen LogP contribution in [0.25, 0.3) is 0 Å². The van der Waals surface area contributed by atoms with Crippen LogP contribution in [0.5, 0.6) is 0 Å². The molecule has 3 nitrogen and oxygen atoms in total. The van der Waals surface area contributed by atoms with E-state index in [4.69, 9.17) is 5.73 Å². The number of hydrogen-bond acceptors (Lipinski definition) is 2. The molecule has 1 aliphatic carbocycles. The van der Waals surface area contributed by atoms with Crippen LogP contribution in [-0.2, 0) is 0 Å². The lowest BCUT2D eigenvalue weighted by molar-refractivity contribution is 0.252. The van der Waals surface area contributed by atoms with Crippen molar-refractivity contribution in [1.82, 2.24) is 4.90 Å². The molecule has 0 aliphatic heterocycles. The first-order valence-electron chi connectivity index (χ1n) is 6.42. The second-order valence-electron chi connectivity index (χ2n) is 5.94. The molecule has 0 spiro atoms. The van der Waals surface area contributed by atoms with Crippen molar-refractivity contribution in [3.05, 3.63) is 0 Å².